The Kier molecular flexibility index (Phi) is 5.53. The fourth-order valence-electron chi connectivity index (χ4n) is 1.04. The predicted octanol–water partition coefficient (Wildman–Crippen LogP) is 2.06. The molecule has 0 bridgehead atoms. The van der Waals surface area contributed by atoms with E-state index in [1.54, 1.807) is 0 Å². The van der Waals surface area contributed by atoms with Gasteiger partial charge in [0, 0.05) is 19.2 Å². The first kappa shape index (κ1) is 14.6. The summed E-state index contributed by atoms with van der Waals surface area (Å²) in [6.07, 6.45) is 0.923. The predicted molar refractivity (Wildman–Crippen MR) is 69.2 cm³/mol. The Labute approximate surface area is 99.0 Å². The van der Waals surface area contributed by atoms with E-state index in [1.165, 1.54) is 0 Å². The van der Waals surface area contributed by atoms with Crippen molar-refractivity contribution in [2.75, 3.05) is 13.7 Å². The maximum Gasteiger partial charge on any atom is 0.166 e. The van der Waals surface area contributed by atoms with Crippen molar-refractivity contribution < 1.29 is 4.74 Å². The van der Waals surface area contributed by atoms with E-state index < -0.39 is 0 Å². The van der Waals surface area contributed by atoms with Gasteiger partial charge in [-0.3, -0.25) is 0 Å². The molecule has 0 rings (SSSR count). The maximum absolute atomic E-state index is 5.68. The molecule has 0 radical (unpaired) electrons. The van der Waals surface area contributed by atoms with Crippen molar-refractivity contribution in [3.63, 3.8) is 0 Å². The minimum atomic E-state index is -0.0698. The van der Waals surface area contributed by atoms with Gasteiger partial charge in [0.15, 0.2) is 5.11 Å². The average Bonchev–Trinajstić information content (AvgIpc) is 2.00. The van der Waals surface area contributed by atoms with Crippen LogP contribution in [0.25, 0.3) is 0 Å². The van der Waals surface area contributed by atoms with Crippen LogP contribution in [0.4, 0.5) is 0 Å². The molecule has 0 saturated carbocycles. The van der Waals surface area contributed by atoms with Crippen molar-refractivity contribution in [3.8, 4) is 0 Å². The monoisotopic (exact) mass is 232 g/mol. The number of rotatable bonds is 4. The highest BCUT2D eigenvalue weighted by Gasteiger charge is 2.19. The van der Waals surface area contributed by atoms with Gasteiger partial charge in [0.25, 0.3) is 0 Å². The molecule has 0 aromatic rings. The Morgan fingerprint density at radius 3 is 2.13 bits per heavy atom. The first-order chi connectivity index (χ1) is 6.66. The van der Waals surface area contributed by atoms with Gasteiger partial charge in [-0.1, -0.05) is 0 Å². The molecular weight excluding hydrogens is 208 g/mol. The van der Waals surface area contributed by atoms with Crippen molar-refractivity contribution in [3.05, 3.63) is 0 Å². The number of hydrogen-bond acceptors (Lipinski definition) is 2. The number of nitrogens with one attached hydrogen (secondary N) is 2. The molecule has 0 amide bonds. The summed E-state index contributed by atoms with van der Waals surface area (Å²) in [7, 11) is 1.82. The van der Waals surface area contributed by atoms with E-state index in [0.29, 0.717) is 5.11 Å². The fraction of sp³-hybridized carbons (Fsp3) is 0.909. The van der Waals surface area contributed by atoms with Crippen LogP contribution in [0.15, 0.2) is 0 Å². The zero-order valence-electron chi connectivity index (χ0n) is 10.7. The van der Waals surface area contributed by atoms with Gasteiger partial charge in [-0.15, -0.1) is 0 Å². The van der Waals surface area contributed by atoms with Crippen LogP contribution in [0.1, 0.15) is 41.0 Å². The van der Waals surface area contributed by atoms with Crippen molar-refractivity contribution in [2.45, 2.75) is 52.2 Å². The highest BCUT2D eigenvalue weighted by Crippen LogP contribution is 2.12. The van der Waals surface area contributed by atoms with Gasteiger partial charge in [0.2, 0.25) is 0 Å². The summed E-state index contributed by atoms with van der Waals surface area (Å²) < 4.78 is 5.68. The minimum absolute atomic E-state index is 0.0364. The van der Waals surface area contributed by atoms with Crippen LogP contribution in [0.3, 0.4) is 0 Å². The number of hydrogen-bond donors (Lipinski definition) is 2. The van der Waals surface area contributed by atoms with Crippen LogP contribution in [0.2, 0.25) is 0 Å². The molecule has 0 fully saturated rings. The molecule has 0 aromatic heterocycles. The first-order valence-corrected chi connectivity index (χ1v) is 5.71. The highest BCUT2D eigenvalue weighted by molar-refractivity contribution is 7.80. The van der Waals surface area contributed by atoms with Crippen LogP contribution in [0.5, 0.6) is 0 Å². The van der Waals surface area contributed by atoms with Gasteiger partial charge in [-0.05, 0) is 53.3 Å². The lowest BCUT2D eigenvalue weighted by Crippen LogP contribution is -2.48. The van der Waals surface area contributed by atoms with E-state index in [9.17, 15) is 0 Å². The van der Waals surface area contributed by atoms with Crippen molar-refractivity contribution in [2.24, 2.45) is 0 Å². The zero-order chi connectivity index (χ0) is 12.1. The normalized spacial score (nSPS) is 12.4. The lowest BCUT2D eigenvalue weighted by molar-refractivity contribution is -0.0104. The van der Waals surface area contributed by atoms with E-state index >= 15 is 0 Å². The Hall–Kier alpha value is -0.350. The van der Waals surface area contributed by atoms with Gasteiger partial charge in [-0.25, -0.2) is 0 Å². The summed E-state index contributed by atoms with van der Waals surface area (Å²) in [4.78, 5) is 0. The molecule has 15 heavy (non-hydrogen) atoms. The molecule has 4 heteroatoms. The number of ether oxygens (including phenoxy) is 1. The lowest BCUT2D eigenvalue weighted by Gasteiger charge is -2.29. The molecule has 0 aromatic carbocycles. The van der Waals surface area contributed by atoms with Gasteiger partial charge < -0.3 is 15.4 Å². The highest BCUT2D eigenvalue weighted by atomic mass is 32.1. The second kappa shape index (κ2) is 5.66. The summed E-state index contributed by atoms with van der Waals surface area (Å²) in [5.41, 5.74) is -0.106. The third-order valence-corrected chi connectivity index (χ3v) is 2.25. The summed E-state index contributed by atoms with van der Waals surface area (Å²) >= 11 is 5.06. The molecule has 0 aliphatic carbocycles. The van der Waals surface area contributed by atoms with Gasteiger partial charge in [0.1, 0.15) is 0 Å². The third kappa shape index (κ3) is 8.63. The Bertz CT molecular complexity index is 209. The van der Waals surface area contributed by atoms with E-state index in [2.05, 4.69) is 45.3 Å². The molecule has 0 unspecified atom stereocenters. The van der Waals surface area contributed by atoms with E-state index in [-0.39, 0.29) is 11.1 Å². The van der Waals surface area contributed by atoms with Gasteiger partial charge in [-0.2, -0.15) is 0 Å². The third-order valence-electron chi connectivity index (χ3n) is 1.94. The van der Waals surface area contributed by atoms with Crippen molar-refractivity contribution in [1.82, 2.24) is 10.6 Å². The van der Waals surface area contributed by atoms with Crippen molar-refractivity contribution in [1.29, 1.82) is 0 Å². The topological polar surface area (TPSA) is 33.3 Å². The molecule has 90 valence electrons. The minimum Gasteiger partial charge on any atom is -0.376 e. The quantitative estimate of drug-likeness (QED) is 0.727. The maximum atomic E-state index is 5.68. The van der Waals surface area contributed by atoms with Crippen LogP contribution in [-0.4, -0.2) is 29.9 Å². The molecule has 0 saturated heterocycles. The van der Waals surface area contributed by atoms with Crippen LogP contribution < -0.4 is 10.6 Å². The second-order valence-corrected chi connectivity index (χ2v) is 5.71. The molecular formula is C11H24N2OS. The largest absolute Gasteiger partial charge is 0.376 e. The molecule has 3 nitrogen and oxygen atoms in total. The summed E-state index contributed by atoms with van der Waals surface area (Å²) in [6, 6.07) is 0. The Balaban J connectivity index is 3.89. The van der Waals surface area contributed by atoms with E-state index in [1.807, 2.05) is 7.05 Å². The number of thiocarbonyl (C=S) groups is 1. The fourth-order valence-corrected chi connectivity index (χ4v) is 1.32. The molecule has 0 atom stereocenters. The zero-order valence-corrected chi connectivity index (χ0v) is 11.5. The molecule has 0 spiro atoms. The van der Waals surface area contributed by atoms with Gasteiger partial charge >= 0.3 is 0 Å². The van der Waals surface area contributed by atoms with E-state index in [4.69, 9.17) is 17.0 Å². The van der Waals surface area contributed by atoms with Crippen LogP contribution >= 0.6 is 12.2 Å². The molecule has 0 heterocycles. The Morgan fingerprint density at radius 1 is 1.20 bits per heavy atom. The van der Waals surface area contributed by atoms with Crippen LogP contribution in [0, 0.1) is 0 Å². The SMILES string of the molecule is CNC(=S)NC(C)(C)CCOC(C)(C)C. The summed E-state index contributed by atoms with van der Waals surface area (Å²) in [5.74, 6) is 0. The molecule has 0 aliphatic rings. The van der Waals surface area contributed by atoms with E-state index in [0.717, 1.165) is 13.0 Å². The smallest absolute Gasteiger partial charge is 0.166 e. The molecule has 0 aliphatic heterocycles. The summed E-state index contributed by atoms with van der Waals surface area (Å²) in [6.45, 7) is 11.1. The van der Waals surface area contributed by atoms with Gasteiger partial charge in [0.05, 0.1) is 5.60 Å². The second-order valence-electron chi connectivity index (χ2n) is 5.30. The van der Waals surface area contributed by atoms with Crippen LogP contribution in [-0.2, 0) is 4.74 Å². The summed E-state index contributed by atoms with van der Waals surface area (Å²) in [5, 5.41) is 6.82. The van der Waals surface area contributed by atoms with Crippen molar-refractivity contribution >= 4 is 17.3 Å². The standard InChI is InChI=1S/C11H24N2OS/c1-10(2,3)14-8-7-11(4,5)13-9(15)12-6/h7-8H2,1-6H3,(H2,12,13,15). The molecule has 2 N–H and O–H groups in total. The lowest BCUT2D eigenvalue weighted by atomic mass is 10.0. The average molecular weight is 232 g/mol. The first-order valence-electron chi connectivity index (χ1n) is 5.30. The Morgan fingerprint density at radius 2 is 1.73 bits per heavy atom.